The van der Waals surface area contributed by atoms with Crippen LogP contribution < -0.4 is 16.4 Å². The Labute approximate surface area is 161 Å². The lowest BCUT2D eigenvalue weighted by molar-refractivity contribution is 0.246. The van der Waals surface area contributed by atoms with E-state index in [1.54, 1.807) is 6.34 Å². The lowest BCUT2D eigenvalue weighted by Gasteiger charge is -2.22. The zero-order valence-electron chi connectivity index (χ0n) is 16.3. The molecule has 0 bridgehead atoms. The third-order valence-corrected chi connectivity index (χ3v) is 4.23. The zero-order valence-corrected chi connectivity index (χ0v) is 16.3. The topological polar surface area (TPSA) is 98.3 Å². The van der Waals surface area contributed by atoms with Crippen LogP contribution in [0.1, 0.15) is 32.8 Å². The maximum atomic E-state index is 9.37. The number of nitrogens with zero attached hydrogens (tertiary/aromatic N) is 3. The van der Waals surface area contributed by atoms with E-state index in [9.17, 15) is 5.11 Å². The Morgan fingerprint density at radius 1 is 1.33 bits per heavy atom. The van der Waals surface area contributed by atoms with Gasteiger partial charge in [0, 0.05) is 12.6 Å². The van der Waals surface area contributed by atoms with Gasteiger partial charge < -0.3 is 26.4 Å². The molecule has 0 amide bonds. The van der Waals surface area contributed by atoms with Gasteiger partial charge in [0.1, 0.15) is 17.3 Å². The fraction of sp³-hybridized carbons (Fsp3) is 0.400. The van der Waals surface area contributed by atoms with Gasteiger partial charge in [0.2, 0.25) is 0 Å². The molecular formula is C20H30N6O. The second-order valence-corrected chi connectivity index (χ2v) is 6.66. The van der Waals surface area contributed by atoms with Gasteiger partial charge in [0.05, 0.1) is 19.0 Å². The first-order valence-electron chi connectivity index (χ1n) is 9.21. The average Bonchev–Trinajstić information content (AvgIpc) is 3.08. The Bertz CT molecular complexity index is 719. The molecule has 1 aromatic rings. The second-order valence-electron chi connectivity index (χ2n) is 6.66. The molecule has 2 rings (SSSR count). The Balaban J connectivity index is 2.20. The number of amidine groups is 1. The van der Waals surface area contributed by atoms with Crippen LogP contribution in [-0.2, 0) is 6.54 Å². The summed E-state index contributed by atoms with van der Waals surface area (Å²) >= 11 is 0. The van der Waals surface area contributed by atoms with Crippen molar-refractivity contribution in [3.05, 3.63) is 59.8 Å². The van der Waals surface area contributed by atoms with Crippen LogP contribution in [0.2, 0.25) is 0 Å². The van der Waals surface area contributed by atoms with E-state index >= 15 is 0 Å². The summed E-state index contributed by atoms with van der Waals surface area (Å²) in [7, 11) is 0. The molecule has 1 aliphatic heterocycles. The number of hydrogen-bond donors (Lipinski definition) is 4. The summed E-state index contributed by atoms with van der Waals surface area (Å²) in [5.74, 6) is 1.56. The van der Waals surface area contributed by atoms with Crippen molar-refractivity contribution in [2.24, 2.45) is 15.7 Å². The molecule has 0 fully saturated rings. The standard InChI is InChI=1S/C20H30N6O/c1-5-17(12-27)24-15(4)25-20-18(23-13-26(20)14(2)3)19(21)22-11-16-9-7-6-8-10-16/h6-10,13-14,17,22,24,27H,4-5,11-12,21H2,1-3H3/b19-18-,25-20+/t17-/m0/s1. The lowest BCUT2D eigenvalue weighted by Crippen LogP contribution is -2.36. The maximum absolute atomic E-state index is 9.37. The summed E-state index contributed by atoms with van der Waals surface area (Å²) in [4.78, 5) is 11.0. The van der Waals surface area contributed by atoms with Crippen LogP contribution in [0.4, 0.5) is 0 Å². The Morgan fingerprint density at radius 3 is 2.63 bits per heavy atom. The number of benzene rings is 1. The van der Waals surface area contributed by atoms with Crippen LogP contribution in [0.5, 0.6) is 0 Å². The molecule has 146 valence electrons. The minimum absolute atomic E-state index is 0.0221. The van der Waals surface area contributed by atoms with Crippen LogP contribution in [-0.4, -0.2) is 40.9 Å². The lowest BCUT2D eigenvalue weighted by atomic mass is 10.2. The summed E-state index contributed by atoms with van der Waals surface area (Å²) < 4.78 is 0. The molecule has 27 heavy (non-hydrogen) atoms. The van der Waals surface area contributed by atoms with Gasteiger partial charge in [-0.1, -0.05) is 43.8 Å². The summed E-state index contributed by atoms with van der Waals surface area (Å²) in [5.41, 5.74) is 7.98. The van der Waals surface area contributed by atoms with Crippen molar-refractivity contribution < 1.29 is 5.11 Å². The fourth-order valence-corrected chi connectivity index (χ4v) is 2.58. The Hall–Kier alpha value is -2.80. The van der Waals surface area contributed by atoms with Crippen molar-refractivity contribution in [3.8, 4) is 0 Å². The Morgan fingerprint density at radius 2 is 2.04 bits per heavy atom. The van der Waals surface area contributed by atoms with Crippen molar-refractivity contribution in [1.82, 2.24) is 15.5 Å². The van der Waals surface area contributed by atoms with Crippen LogP contribution in [0.15, 0.2) is 64.2 Å². The first-order valence-corrected chi connectivity index (χ1v) is 9.21. The Kier molecular flexibility index (Phi) is 7.43. The molecule has 7 nitrogen and oxygen atoms in total. The molecule has 0 aliphatic carbocycles. The van der Waals surface area contributed by atoms with E-state index in [2.05, 4.69) is 41.0 Å². The molecule has 5 N–H and O–H groups in total. The van der Waals surface area contributed by atoms with E-state index in [1.165, 1.54) is 0 Å². The number of aliphatic hydroxyl groups is 1. The molecule has 0 aromatic heterocycles. The third-order valence-electron chi connectivity index (χ3n) is 4.23. The third kappa shape index (κ3) is 5.59. The fourth-order valence-electron chi connectivity index (χ4n) is 2.58. The van der Waals surface area contributed by atoms with E-state index in [4.69, 9.17) is 5.73 Å². The number of hydrogen-bond acceptors (Lipinski definition) is 6. The summed E-state index contributed by atoms with van der Waals surface area (Å²) in [6.45, 7) is 10.7. The highest BCUT2D eigenvalue weighted by Crippen LogP contribution is 2.17. The number of nitrogens with two attached hydrogens (primary N) is 1. The van der Waals surface area contributed by atoms with Crippen LogP contribution in [0.3, 0.4) is 0 Å². The zero-order chi connectivity index (χ0) is 19.8. The smallest absolute Gasteiger partial charge is 0.166 e. The molecule has 0 unspecified atom stereocenters. The van der Waals surface area contributed by atoms with Crippen molar-refractivity contribution >= 4 is 12.2 Å². The highest BCUT2D eigenvalue weighted by molar-refractivity contribution is 6.09. The van der Waals surface area contributed by atoms with Crippen LogP contribution >= 0.6 is 0 Å². The summed E-state index contributed by atoms with van der Waals surface area (Å²) in [6.07, 6.45) is 2.50. The minimum atomic E-state index is -0.0855. The summed E-state index contributed by atoms with van der Waals surface area (Å²) in [6, 6.07) is 10.1. The molecule has 1 aromatic carbocycles. The minimum Gasteiger partial charge on any atom is -0.394 e. The quantitative estimate of drug-likeness (QED) is 0.532. The van der Waals surface area contributed by atoms with Gasteiger partial charge in [0.25, 0.3) is 0 Å². The molecule has 0 saturated carbocycles. The second kappa shape index (κ2) is 9.78. The van der Waals surface area contributed by atoms with Crippen molar-refractivity contribution in [3.63, 3.8) is 0 Å². The number of aliphatic imine (C=N–C) groups is 2. The van der Waals surface area contributed by atoms with Gasteiger partial charge in [-0.3, -0.25) is 0 Å². The SMILES string of the molecule is C=C(/N=C1\C(=C(/N)NCc2ccccc2)N=CN1C(C)C)N[C@@H](CC)CO. The number of nitrogens with one attached hydrogen (secondary N) is 2. The van der Waals surface area contributed by atoms with Crippen molar-refractivity contribution in [2.75, 3.05) is 6.61 Å². The van der Waals surface area contributed by atoms with E-state index in [1.807, 2.05) is 42.2 Å². The van der Waals surface area contributed by atoms with Crippen molar-refractivity contribution in [2.45, 2.75) is 45.8 Å². The monoisotopic (exact) mass is 370 g/mol. The van der Waals surface area contributed by atoms with E-state index in [0.29, 0.717) is 29.7 Å². The molecule has 0 radical (unpaired) electrons. The van der Waals surface area contributed by atoms with Gasteiger partial charge in [-0.05, 0) is 25.8 Å². The van der Waals surface area contributed by atoms with E-state index in [0.717, 1.165) is 12.0 Å². The van der Waals surface area contributed by atoms with Gasteiger partial charge in [-0.15, -0.1) is 0 Å². The van der Waals surface area contributed by atoms with Crippen LogP contribution in [0, 0.1) is 0 Å². The van der Waals surface area contributed by atoms with E-state index in [-0.39, 0.29) is 18.7 Å². The van der Waals surface area contributed by atoms with Gasteiger partial charge in [-0.2, -0.15) is 0 Å². The first kappa shape index (κ1) is 20.5. The van der Waals surface area contributed by atoms with Crippen molar-refractivity contribution in [1.29, 1.82) is 0 Å². The molecular weight excluding hydrogens is 340 g/mol. The van der Waals surface area contributed by atoms with E-state index < -0.39 is 0 Å². The van der Waals surface area contributed by atoms with Gasteiger partial charge >= 0.3 is 0 Å². The largest absolute Gasteiger partial charge is 0.394 e. The molecule has 7 heteroatoms. The molecule has 1 heterocycles. The molecule has 1 aliphatic rings. The highest BCUT2D eigenvalue weighted by atomic mass is 16.3. The average molecular weight is 371 g/mol. The van der Waals surface area contributed by atoms with Gasteiger partial charge in [-0.25, -0.2) is 9.98 Å². The maximum Gasteiger partial charge on any atom is 0.166 e. The predicted octanol–water partition coefficient (Wildman–Crippen LogP) is 1.89. The number of aliphatic hydroxyl groups excluding tert-OH is 1. The first-order chi connectivity index (χ1) is 13.0. The van der Waals surface area contributed by atoms with Crippen LogP contribution in [0.25, 0.3) is 0 Å². The molecule has 0 saturated heterocycles. The molecule has 1 atom stereocenters. The summed E-state index contributed by atoms with van der Waals surface area (Å²) in [5, 5.41) is 15.7. The normalized spacial score (nSPS) is 18.1. The predicted molar refractivity (Wildman–Crippen MR) is 111 cm³/mol. The van der Waals surface area contributed by atoms with Gasteiger partial charge in [0.15, 0.2) is 5.84 Å². The highest BCUT2D eigenvalue weighted by Gasteiger charge is 2.25. The number of rotatable bonds is 9. The molecule has 0 spiro atoms.